The van der Waals surface area contributed by atoms with Crippen molar-refractivity contribution in [2.24, 2.45) is 0 Å². The number of rotatable bonds is 0. The van der Waals surface area contributed by atoms with E-state index in [0.717, 1.165) is 0 Å². The summed E-state index contributed by atoms with van der Waals surface area (Å²) in [5.74, 6) is 0. The Morgan fingerprint density at radius 3 is 1.67 bits per heavy atom. The number of thiocyanates is 1. The smallest absolute Gasteiger partial charge is 0.0590 e. The molecule has 1 nitrogen and oxygen atoms in total. The van der Waals surface area contributed by atoms with Crippen molar-refractivity contribution >= 4 is 12.6 Å². The molecule has 0 saturated carbocycles. The second kappa shape index (κ2) is 22.2. The van der Waals surface area contributed by atoms with Crippen LogP contribution in [0.25, 0.3) is 0 Å². The lowest BCUT2D eigenvalue weighted by atomic mass is 10.6. The Hall–Kier alpha value is -0.290. The van der Waals surface area contributed by atoms with Gasteiger partial charge >= 0.3 is 0 Å². The van der Waals surface area contributed by atoms with Gasteiger partial charge in [-0.05, 0) is 0 Å². The Morgan fingerprint density at radius 1 is 1.67 bits per heavy atom. The van der Waals surface area contributed by atoms with E-state index < -0.39 is 0 Å². The highest BCUT2D eigenvalue weighted by Gasteiger charge is 1.35. The van der Waals surface area contributed by atoms with Crippen LogP contribution < -0.4 is 0 Å². The topological polar surface area (TPSA) is 23.8 Å². The molecule has 0 aromatic heterocycles. The Bertz CT molecular complexity index is 37.3. The molecule has 0 fully saturated rings. The normalized spacial score (nSPS) is 4.17. The summed E-state index contributed by atoms with van der Waals surface area (Å²) in [5.41, 5.74) is 0. The molecule has 0 aliphatic carbocycles. The van der Waals surface area contributed by atoms with Gasteiger partial charge in [0.1, 0.15) is 0 Å². The van der Waals surface area contributed by atoms with Crippen molar-refractivity contribution in [3.63, 3.8) is 0 Å². The Balaban J connectivity index is 0. The molecule has 0 aromatic rings. The first-order valence-electron chi connectivity index (χ1n) is 1.84. The first-order chi connectivity index (χ1) is 2.83. The lowest BCUT2D eigenvalue weighted by molar-refractivity contribution is 1.09. The fourth-order valence-electron chi connectivity index (χ4n) is 0. The maximum absolute atomic E-state index is 7.13. The van der Waals surface area contributed by atoms with E-state index in [9.17, 15) is 0 Å². The van der Waals surface area contributed by atoms with Crippen LogP contribution in [0.1, 0.15) is 20.3 Å². The fraction of sp³-hybridized carbons (Fsp3) is 0.750. The molecule has 0 rings (SSSR count). The van der Waals surface area contributed by atoms with E-state index in [1.54, 1.807) is 0 Å². The Labute approximate surface area is 44.4 Å². The van der Waals surface area contributed by atoms with Crippen LogP contribution in [0.2, 0.25) is 0 Å². The van der Waals surface area contributed by atoms with Crippen LogP contribution in [0.4, 0.5) is 0 Å². The fourth-order valence-corrected chi connectivity index (χ4v) is 0. The van der Waals surface area contributed by atoms with Gasteiger partial charge in [-0.1, -0.05) is 25.7 Å². The standard InChI is InChI=1S/C3H8.CHNS/c1-3-2;2-1-3/h3H2,1-2H3;3H/p-1. The van der Waals surface area contributed by atoms with E-state index in [2.05, 4.69) is 26.5 Å². The zero-order valence-corrected chi connectivity index (χ0v) is 4.88. The monoisotopic (exact) mass is 102 g/mol. The summed E-state index contributed by atoms with van der Waals surface area (Å²) < 4.78 is 0. The van der Waals surface area contributed by atoms with Crippen LogP contribution >= 0.6 is 0 Å². The molecular weight excluding hydrogens is 94.1 g/mol. The van der Waals surface area contributed by atoms with Gasteiger partial charge in [-0.25, -0.2) is 5.26 Å². The first-order valence-corrected chi connectivity index (χ1v) is 2.25. The van der Waals surface area contributed by atoms with E-state index in [4.69, 9.17) is 5.26 Å². The van der Waals surface area contributed by atoms with Crippen molar-refractivity contribution < 1.29 is 0 Å². The molecule has 0 aromatic carbocycles. The third kappa shape index (κ3) is 324. The van der Waals surface area contributed by atoms with Crippen molar-refractivity contribution in [3.8, 4) is 5.40 Å². The maximum atomic E-state index is 7.13. The van der Waals surface area contributed by atoms with Gasteiger partial charge in [0.25, 0.3) is 0 Å². The molecule has 36 valence electrons. The molecule has 6 heavy (non-hydrogen) atoms. The summed E-state index contributed by atoms with van der Waals surface area (Å²) in [6.07, 6.45) is 1.25. The van der Waals surface area contributed by atoms with Crippen molar-refractivity contribution in [2.45, 2.75) is 20.3 Å². The molecule has 0 spiro atoms. The minimum atomic E-state index is 1.25. The van der Waals surface area contributed by atoms with Crippen molar-refractivity contribution in [1.82, 2.24) is 0 Å². The molecule has 0 amide bonds. The van der Waals surface area contributed by atoms with Gasteiger partial charge in [-0.15, -0.1) is 0 Å². The van der Waals surface area contributed by atoms with Gasteiger partial charge in [-0.3, -0.25) is 0 Å². The zero-order valence-electron chi connectivity index (χ0n) is 4.06. The van der Waals surface area contributed by atoms with Crippen LogP contribution in [-0.4, -0.2) is 0 Å². The van der Waals surface area contributed by atoms with E-state index in [1.807, 2.05) is 0 Å². The molecule has 2 heteroatoms. The third-order valence-corrected chi connectivity index (χ3v) is 0. The molecule has 0 radical (unpaired) electrons. The minimum absolute atomic E-state index is 1.25. The van der Waals surface area contributed by atoms with Crippen LogP contribution in [0.15, 0.2) is 0 Å². The molecule has 0 heterocycles. The van der Waals surface area contributed by atoms with Gasteiger partial charge < -0.3 is 12.6 Å². The predicted molar refractivity (Wildman–Crippen MR) is 28.9 cm³/mol. The zero-order chi connectivity index (χ0) is 5.41. The molecular formula is C4H8NS-. The minimum Gasteiger partial charge on any atom is -0.696 e. The second-order valence-corrected chi connectivity index (χ2v) is 0.981. The highest BCUT2D eigenvalue weighted by Crippen LogP contribution is 1.56. The molecule has 0 aliphatic rings. The Morgan fingerprint density at radius 2 is 1.67 bits per heavy atom. The predicted octanol–water partition coefficient (Wildman–Crippen LogP) is 1.43. The van der Waals surface area contributed by atoms with Crippen LogP contribution in [-0.2, 0) is 12.6 Å². The van der Waals surface area contributed by atoms with E-state index in [1.165, 1.54) is 11.8 Å². The van der Waals surface area contributed by atoms with E-state index in [0.29, 0.717) is 0 Å². The van der Waals surface area contributed by atoms with E-state index >= 15 is 0 Å². The van der Waals surface area contributed by atoms with Gasteiger partial charge in [0.15, 0.2) is 0 Å². The molecule has 0 saturated heterocycles. The molecule has 0 atom stereocenters. The van der Waals surface area contributed by atoms with Gasteiger partial charge in [0.2, 0.25) is 0 Å². The maximum Gasteiger partial charge on any atom is -0.0590 e. The third-order valence-electron chi connectivity index (χ3n) is 0. The quantitative estimate of drug-likeness (QED) is 0.341. The van der Waals surface area contributed by atoms with Gasteiger partial charge in [-0.2, -0.15) is 0 Å². The summed E-state index contributed by atoms with van der Waals surface area (Å²) in [4.78, 5) is 0. The SMILES string of the molecule is CCC.N#C[S-]. The van der Waals surface area contributed by atoms with Crippen LogP contribution in [0, 0.1) is 10.7 Å². The first kappa shape index (κ1) is 9.20. The number of hydrogen-bond acceptors (Lipinski definition) is 2. The van der Waals surface area contributed by atoms with Crippen LogP contribution in [0.3, 0.4) is 0 Å². The van der Waals surface area contributed by atoms with Gasteiger partial charge in [0, 0.05) is 0 Å². The van der Waals surface area contributed by atoms with Crippen molar-refractivity contribution in [3.05, 3.63) is 0 Å². The Kier molecular flexibility index (Phi) is 34.0. The molecule has 0 bridgehead atoms. The lowest BCUT2D eigenvalue weighted by Crippen LogP contribution is -1.27. The summed E-state index contributed by atoms with van der Waals surface area (Å²) in [6.45, 7) is 4.25. The lowest BCUT2D eigenvalue weighted by Gasteiger charge is -1.53. The number of hydrogen-bond donors (Lipinski definition) is 0. The van der Waals surface area contributed by atoms with Crippen molar-refractivity contribution in [2.75, 3.05) is 0 Å². The largest absolute Gasteiger partial charge is 0.696 e. The summed E-state index contributed by atoms with van der Waals surface area (Å²) in [6, 6.07) is 0. The molecule has 0 N–H and O–H groups in total. The summed E-state index contributed by atoms with van der Waals surface area (Å²) >= 11 is 3.70. The van der Waals surface area contributed by atoms with Crippen molar-refractivity contribution in [1.29, 1.82) is 5.26 Å². The van der Waals surface area contributed by atoms with Gasteiger partial charge in [0.05, 0.1) is 0 Å². The highest BCUT2D eigenvalue weighted by molar-refractivity contribution is 7.64. The number of nitriles is 1. The highest BCUT2D eigenvalue weighted by atomic mass is 32.1. The number of nitrogens with zero attached hydrogens (tertiary/aromatic N) is 1. The summed E-state index contributed by atoms with van der Waals surface area (Å²) in [7, 11) is 0. The average molecular weight is 102 g/mol. The molecule has 0 unspecified atom stereocenters. The van der Waals surface area contributed by atoms with E-state index in [-0.39, 0.29) is 0 Å². The molecule has 0 aliphatic heterocycles. The summed E-state index contributed by atoms with van der Waals surface area (Å²) in [5, 5.41) is 8.47. The van der Waals surface area contributed by atoms with Crippen LogP contribution in [0.5, 0.6) is 0 Å². The average Bonchev–Trinajstić information content (AvgIpc) is 1.39. The second-order valence-electron chi connectivity index (χ2n) is 0.798.